The van der Waals surface area contributed by atoms with Crippen molar-refractivity contribution in [3.05, 3.63) is 90.0 Å². The van der Waals surface area contributed by atoms with Crippen LogP contribution in [0.3, 0.4) is 0 Å². The van der Waals surface area contributed by atoms with Crippen LogP contribution in [0.15, 0.2) is 88.8 Å². The minimum atomic E-state index is -1.74. The van der Waals surface area contributed by atoms with Crippen LogP contribution in [-0.2, 0) is 15.6 Å². The maximum absolute atomic E-state index is 13.4. The van der Waals surface area contributed by atoms with Crippen LogP contribution in [0.1, 0.15) is 27.6 Å². The molecule has 0 radical (unpaired) electrons. The van der Waals surface area contributed by atoms with Crippen LogP contribution in [0, 0.1) is 0 Å². The summed E-state index contributed by atoms with van der Waals surface area (Å²) in [5.41, 5.74) is 12.5. The van der Waals surface area contributed by atoms with E-state index in [1.165, 1.54) is 6.07 Å². The summed E-state index contributed by atoms with van der Waals surface area (Å²) >= 11 is 0. The van der Waals surface area contributed by atoms with Crippen molar-refractivity contribution >= 4 is 40.0 Å². The molecule has 0 saturated carbocycles. The molecule has 0 aliphatic heterocycles. The number of aliphatic imine (C=N–C) groups is 1. The number of nitrogens with zero attached hydrogens (tertiary/aromatic N) is 1. The van der Waals surface area contributed by atoms with Gasteiger partial charge in [-0.05, 0) is 35.9 Å². The second-order valence-corrected chi connectivity index (χ2v) is 8.44. The van der Waals surface area contributed by atoms with Gasteiger partial charge in [-0.25, -0.2) is 4.99 Å². The van der Waals surface area contributed by atoms with E-state index in [4.69, 9.17) is 11.5 Å². The van der Waals surface area contributed by atoms with E-state index in [0.717, 1.165) is 0 Å². The number of anilines is 1. The fraction of sp³-hybridized carbons (Fsp3) is 0.0870. The Hall–Kier alpha value is -3.98. The van der Waals surface area contributed by atoms with Crippen LogP contribution >= 0.6 is 0 Å². The summed E-state index contributed by atoms with van der Waals surface area (Å²) < 4.78 is 13.4. The molecule has 0 aliphatic rings. The smallest absolute Gasteiger partial charge is 0.304 e. The number of benzene rings is 3. The largest absolute Gasteiger partial charge is 0.481 e. The van der Waals surface area contributed by atoms with Crippen molar-refractivity contribution in [2.45, 2.75) is 16.6 Å². The van der Waals surface area contributed by atoms with E-state index in [9.17, 15) is 18.9 Å². The molecule has 0 saturated heterocycles. The number of hydrogen-bond donors (Lipinski definition) is 4. The fourth-order valence-electron chi connectivity index (χ4n) is 3.10. The van der Waals surface area contributed by atoms with E-state index in [-0.39, 0.29) is 12.4 Å². The zero-order chi connectivity index (χ0) is 23.1. The molecule has 0 aliphatic carbocycles. The quantitative estimate of drug-likeness (QED) is 0.306. The van der Waals surface area contributed by atoms with E-state index in [0.29, 0.717) is 27.4 Å². The Morgan fingerprint density at radius 2 is 1.66 bits per heavy atom. The standard InChI is InChI=1S/C23H22N4O4S/c24-23(25)26-17-10-6-9-16(13-17)22(30)27-18-11-4-5-12-19(18)32(31)20(14-21(28)29)15-7-2-1-3-8-15/h1-13,20H,14H2,(H,27,30)(H,28,29)(H4,24,25,26). The van der Waals surface area contributed by atoms with Gasteiger partial charge in [0.05, 0.1) is 38.7 Å². The molecule has 0 bridgehead atoms. The number of carbonyl (C=O) groups excluding carboxylic acids is 1. The predicted octanol–water partition coefficient (Wildman–Crippen LogP) is 3.17. The number of para-hydroxylation sites is 1. The number of carboxylic acid groups (broad SMARTS) is 1. The average molecular weight is 451 g/mol. The molecule has 2 unspecified atom stereocenters. The molecule has 3 rings (SSSR count). The molecule has 0 heterocycles. The summed E-state index contributed by atoms with van der Waals surface area (Å²) in [6.45, 7) is 0. The third kappa shape index (κ3) is 5.79. The Bertz CT molecular complexity index is 1180. The number of hydrogen-bond acceptors (Lipinski definition) is 4. The molecule has 32 heavy (non-hydrogen) atoms. The average Bonchev–Trinajstić information content (AvgIpc) is 2.77. The highest BCUT2D eigenvalue weighted by Gasteiger charge is 2.25. The Labute approximate surface area is 187 Å². The van der Waals surface area contributed by atoms with E-state index < -0.39 is 27.9 Å². The highest BCUT2D eigenvalue weighted by molar-refractivity contribution is 7.85. The van der Waals surface area contributed by atoms with Gasteiger partial charge >= 0.3 is 5.97 Å². The van der Waals surface area contributed by atoms with Gasteiger partial charge in [0.25, 0.3) is 5.91 Å². The molecular formula is C23H22N4O4S. The molecule has 3 aromatic rings. The number of nitrogens with one attached hydrogen (secondary N) is 1. The van der Waals surface area contributed by atoms with Gasteiger partial charge in [0.15, 0.2) is 5.96 Å². The Kier molecular flexibility index (Phi) is 7.35. The Morgan fingerprint density at radius 1 is 0.969 bits per heavy atom. The summed E-state index contributed by atoms with van der Waals surface area (Å²) in [4.78, 5) is 28.5. The lowest BCUT2D eigenvalue weighted by Crippen LogP contribution is -2.22. The molecule has 164 valence electrons. The van der Waals surface area contributed by atoms with Crippen molar-refractivity contribution < 1.29 is 18.9 Å². The van der Waals surface area contributed by atoms with Gasteiger partial charge in [0, 0.05) is 5.56 Å². The molecule has 0 aromatic heterocycles. The van der Waals surface area contributed by atoms with Crippen LogP contribution in [0.2, 0.25) is 0 Å². The lowest BCUT2D eigenvalue weighted by Gasteiger charge is -2.18. The predicted molar refractivity (Wildman–Crippen MR) is 124 cm³/mol. The van der Waals surface area contributed by atoms with E-state index in [1.807, 2.05) is 0 Å². The van der Waals surface area contributed by atoms with Gasteiger partial charge in [-0.15, -0.1) is 0 Å². The number of aliphatic carboxylic acids is 1. The molecule has 2 atom stereocenters. The summed E-state index contributed by atoms with van der Waals surface area (Å²) in [5, 5.41) is 11.3. The van der Waals surface area contributed by atoms with Crippen LogP contribution in [0.25, 0.3) is 0 Å². The number of guanidine groups is 1. The maximum Gasteiger partial charge on any atom is 0.304 e. The molecule has 8 nitrogen and oxygen atoms in total. The highest BCUT2D eigenvalue weighted by Crippen LogP contribution is 2.32. The van der Waals surface area contributed by atoms with Crippen molar-refractivity contribution in [1.82, 2.24) is 0 Å². The van der Waals surface area contributed by atoms with E-state index >= 15 is 0 Å². The van der Waals surface area contributed by atoms with Crippen molar-refractivity contribution in [3.8, 4) is 0 Å². The number of carbonyl (C=O) groups is 2. The second-order valence-electron chi connectivity index (χ2n) is 6.83. The maximum atomic E-state index is 13.4. The summed E-state index contributed by atoms with van der Waals surface area (Å²) in [7, 11) is -1.74. The zero-order valence-electron chi connectivity index (χ0n) is 17.0. The van der Waals surface area contributed by atoms with Crippen molar-refractivity contribution in [2.75, 3.05) is 5.32 Å². The third-order valence-corrected chi connectivity index (χ3v) is 6.25. The molecular weight excluding hydrogens is 428 g/mol. The van der Waals surface area contributed by atoms with Crippen molar-refractivity contribution in [3.63, 3.8) is 0 Å². The van der Waals surface area contributed by atoms with E-state index in [2.05, 4.69) is 10.3 Å². The van der Waals surface area contributed by atoms with Gasteiger partial charge < -0.3 is 21.9 Å². The van der Waals surface area contributed by atoms with Crippen LogP contribution in [0.5, 0.6) is 0 Å². The molecule has 3 aromatic carbocycles. The Balaban J connectivity index is 1.91. The van der Waals surface area contributed by atoms with Gasteiger partial charge in [0.2, 0.25) is 0 Å². The van der Waals surface area contributed by atoms with Crippen molar-refractivity contribution in [1.29, 1.82) is 0 Å². The molecule has 0 spiro atoms. The summed E-state index contributed by atoms with van der Waals surface area (Å²) in [5.74, 6) is -1.64. The number of carboxylic acids is 1. The minimum absolute atomic E-state index is 0.131. The van der Waals surface area contributed by atoms with Crippen LogP contribution in [0.4, 0.5) is 11.4 Å². The van der Waals surface area contributed by atoms with Crippen molar-refractivity contribution in [2.24, 2.45) is 16.5 Å². The topological polar surface area (TPSA) is 148 Å². The zero-order valence-corrected chi connectivity index (χ0v) is 17.8. The van der Waals surface area contributed by atoms with Crippen LogP contribution < -0.4 is 16.8 Å². The first-order chi connectivity index (χ1) is 15.3. The minimum Gasteiger partial charge on any atom is -0.481 e. The van der Waals surface area contributed by atoms with E-state index in [1.54, 1.807) is 72.8 Å². The number of amides is 1. The van der Waals surface area contributed by atoms with Gasteiger partial charge in [0.1, 0.15) is 0 Å². The van der Waals surface area contributed by atoms with Crippen LogP contribution in [-0.4, -0.2) is 27.2 Å². The normalized spacial score (nSPS) is 12.4. The van der Waals surface area contributed by atoms with Gasteiger partial charge in [-0.3, -0.25) is 13.8 Å². The number of rotatable bonds is 8. The first-order valence-corrected chi connectivity index (χ1v) is 10.8. The summed E-state index contributed by atoms with van der Waals surface area (Å²) in [6, 6.07) is 21.8. The summed E-state index contributed by atoms with van der Waals surface area (Å²) in [6.07, 6.45) is -0.320. The molecule has 1 amide bonds. The lowest BCUT2D eigenvalue weighted by atomic mass is 10.1. The number of nitrogens with two attached hydrogens (primary N) is 2. The SMILES string of the molecule is NC(N)=Nc1cccc(C(=O)Nc2ccccc2S(=O)C(CC(=O)O)c2ccccc2)c1. The lowest BCUT2D eigenvalue weighted by molar-refractivity contribution is -0.137. The van der Waals surface area contributed by atoms with Gasteiger partial charge in [-0.1, -0.05) is 48.5 Å². The second kappa shape index (κ2) is 10.4. The first-order valence-electron chi connectivity index (χ1n) is 9.62. The molecule has 6 N–H and O–H groups in total. The first kappa shape index (κ1) is 22.7. The Morgan fingerprint density at radius 3 is 2.34 bits per heavy atom. The highest BCUT2D eigenvalue weighted by atomic mass is 32.2. The fourth-order valence-corrected chi connectivity index (χ4v) is 4.66. The molecule has 9 heteroatoms. The third-order valence-electron chi connectivity index (χ3n) is 4.51. The van der Waals surface area contributed by atoms with Gasteiger partial charge in [-0.2, -0.15) is 0 Å². The monoisotopic (exact) mass is 450 g/mol. The molecule has 0 fully saturated rings.